The second kappa shape index (κ2) is 7.74. The average Bonchev–Trinajstić information content (AvgIpc) is 2.92. The van der Waals surface area contributed by atoms with Crippen molar-refractivity contribution in [3.8, 4) is 5.82 Å². The molecule has 3 N–H and O–H groups in total. The maximum Gasteiger partial charge on any atom is 0.243 e. The molecule has 2 rings (SSSR count). The smallest absolute Gasteiger partial charge is 0.243 e. The molecular formula is C14H17Cl2N5O2. The quantitative estimate of drug-likeness (QED) is 0.826. The molecule has 0 saturated carbocycles. The van der Waals surface area contributed by atoms with E-state index < -0.39 is 6.04 Å². The van der Waals surface area contributed by atoms with Crippen molar-refractivity contribution in [3.05, 3.63) is 34.7 Å². The molecule has 0 aliphatic heterocycles. The molecule has 1 amide bonds. The highest BCUT2D eigenvalue weighted by Crippen LogP contribution is 2.22. The number of carbonyl (C=O) groups is 1. The molecule has 124 valence electrons. The van der Waals surface area contributed by atoms with Gasteiger partial charge in [-0.15, -0.1) is 0 Å². The van der Waals surface area contributed by atoms with Crippen LogP contribution < -0.4 is 11.1 Å². The van der Waals surface area contributed by atoms with Crippen LogP contribution in [0.5, 0.6) is 0 Å². The maximum absolute atomic E-state index is 12.0. The van der Waals surface area contributed by atoms with Crippen LogP contribution in [0, 0.1) is 0 Å². The van der Waals surface area contributed by atoms with Crippen molar-refractivity contribution in [2.24, 2.45) is 5.73 Å². The number of anilines is 1. The Balaban J connectivity index is 2.03. The molecule has 0 aliphatic carbocycles. The first kappa shape index (κ1) is 17.7. The fourth-order valence-corrected chi connectivity index (χ4v) is 2.15. The van der Waals surface area contributed by atoms with Crippen molar-refractivity contribution in [2.75, 3.05) is 11.9 Å². The number of halogens is 2. The summed E-state index contributed by atoms with van der Waals surface area (Å²) in [5.41, 5.74) is 6.23. The molecule has 0 saturated heterocycles. The zero-order valence-corrected chi connectivity index (χ0v) is 14.2. The summed E-state index contributed by atoms with van der Waals surface area (Å²) in [5.74, 6) is 0.0457. The van der Waals surface area contributed by atoms with E-state index in [1.54, 1.807) is 12.3 Å². The normalized spacial score (nSPS) is 12.4. The van der Waals surface area contributed by atoms with Crippen LogP contribution in [0.15, 0.2) is 24.7 Å². The highest BCUT2D eigenvalue weighted by molar-refractivity contribution is 6.35. The Morgan fingerprint density at radius 1 is 1.43 bits per heavy atom. The Morgan fingerprint density at radius 2 is 2.17 bits per heavy atom. The molecule has 0 aliphatic rings. The van der Waals surface area contributed by atoms with E-state index in [4.69, 9.17) is 33.7 Å². The van der Waals surface area contributed by atoms with E-state index in [0.717, 1.165) is 0 Å². The van der Waals surface area contributed by atoms with Crippen LogP contribution >= 0.6 is 23.2 Å². The van der Waals surface area contributed by atoms with Gasteiger partial charge in [0.15, 0.2) is 5.82 Å². The summed E-state index contributed by atoms with van der Waals surface area (Å²) in [5, 5.41) is 7.54. The Labute approximate surface area is 143 Å². The van der Waals surface area contributed by atoms with Crippen molar-refractivity contribution < 1.29 is 9.53 Å². The number of rotatable bonds is 6. The molecule has 0 bridgehead atoms. The van der Waals surface area contributed by atoms with Gasteiger partial charge < -0.3 is 15.8 Å². The second-order valence-electron chi connectivity index (χ2n) is 5.11. The van der Waals surface area contributed by atoms with Crippen LogP contribution in [0.3, 0.4) is 0 Å². The van der Waals surface area contributed by atoms with Crippen LogP contribution in [-0.4, -0.2) is 39.4 Å². The van der Waals surface area contributed by atoms with Crippen LogP contribution in [0.4, 0.5) is 5.69 Å². The fraction of sp³-hybridized carbons (Fsp3) is 0.357. The lowest BCUT2D eigenvalue weighted by atomic mass is 10.3. The minimum Gasteiger partial charge on any atom is -0.377 e. The lowest BCUT2D eigenvalue weighted by Crippen LogP contribution is -2.40. The van der Waals surface area contributed by atoms with Gasteiger partial charge in [-0.25, -0.2) is 9.67 Å². The Hall–Kier alpha value is -1.67. The van der Waals surface area contributed by atoms with E-state index in [2.05, 4.69) is 15.4 Å². The number of carbonyl (C=O) groups excluding carboxylic acids is 1. The highest BCUT2D eigenvalue weighted by Gasteiger charge is 2.16. The van der Waals surface area contributed by atoms with E-state index in [9.17, 15) is 4.79 Å². The average molecular weight is 358 g/mol. The minimum atomic E-state index is -0.766. The molecule has 2 aromatic rings. The first-order valence-electron chi connectivity index (χ1n) is 6.91. The third-order valence-corrected chi connectivity index (χ3v) is 3.29. The van der Waals surface area contributed by atoms with E-state index in [0.29, 0.717) is 21.6 Å². The third kappa shape index (κ3) is 4.90. The van der Waals surface area contributed by atoms with Gasteiger partial charge in [-0.2, -0.15) is 5.10 Å². The number of nitrogens with two attached hydrogens (primary N) is 1. The largest absolute Gasteiger partial charge is 0.377 e. The van der Waals surface area contributed by atoms with Gasteiger partial charge in [0.1, 0.15) is 6.04 Å². The summed E-state index contributed by atoms with van der Waals surface area (Å²) in [4.78, 5) is 16.1. The molecule has 0 unspecified atom stereocenters. The summed E-state index contributed by atoms with van der Waals surface area (Å²) in [6.07, 6.45) is 4.52. The van der Waals surface area contributed by atoms with Gasteiger partial charge in [-0.1, -0.05) is 23.2 Å². The van der Waals surface area contributed by atoms with Gasteiger partial charge >= 0.3 is 0 Å². The zero-order chi connectivity index (χ0) is 17.0. The standard InChI is InChI=1S/C14H17Cl2N5O2/c1-8(2)23-7-12(17)14(22)20-10-5-19-21(6-10)13-11(16)3-9(15)4-18-13/h3-6,8,12H,7,17H2,1-2H3,(H,20,22)/t12-/m0/s1. The third-order valence-electron chi connectivity index (χ3n) is 2.80. The maximum atomic E-state index is 12.0. The van der Waals surface area contributed by atoms with Crippen molar-refractivity contribution >= 4 is 34.8 Å². The molecule has 23 heavy (non-hydrogen) atoms. The summed E-state index contributed by atoms with van der Waals surface area (Å²) in [7, 11) is 0. The molecule has 0 spiro atoms. The first-order chi connectivity index (χ1) is 10.9. The molecule has 1 atom stereocenters. The summed E-state index contributed by atoms with van der Waals surface area (Å²) in [6.45, 7) is 3.89. The second-order valence-corrected chi connectivity index (χ2v) is 5.95. The molecule has 0 aromatic carbocycles. The van der Waals surface area contributed by atoms with Crippen molar-refractivity contribution in [1.29, 1.82) is 0 Å². The molecule has 9 heteroatoms. The van der Waals surface area contributed by atoms with Crippen LogP contribution in [0.1, 0.15) is 13.8 Å². The highest BCUT2D eigenvalue weighted by atomic mass is 35.5. The zero-order valence-electron chi connectivity index (χ0n) is 12.7. The van der Waals surface area contributed by atoms with Crippen LogP contribution in [-0.2, 0) is 9.53 Å². The SMILES string of the molecule is CC(C)OC[C@H](N)C(=O)Nc1cnn(-c2ncc(Cl)cc2Cl)c1. The van der Waals surface area contributed by atoms with Crippen molar-refractivity contribution in [1.82, 2.24) is 14.8 Å². The van der Waals surface area contributed by atoms with Gasteiger partial charge in [0, 0.05) is 6.20 Å². The number of nitrogens with one attached hydrogen (secondary N) is 1. The van der Waals surface area contributed by atoms with E-state index >= 15 is 0 Å². The summed E-state index contributed by atoms with van der Waals surface area (Å²) in [6, 6.07) is 0.794. The van der Waals surface area contributed by atoms with Gasteiger partial charge in [0.05, 0.1) is 40.8 Å². The lowest BCUT2D eigenvalue weighted by molar-refractivity contribution is -0.119. The fourth-order valence-electron chi connectivity index (χ4n) is 1.69. The number of aromatic nitrogens is 3. The van der Waals surface area contributed by atoms with Gasteiger partial charge in [-0.3, -0.25) is 4.79 Å². The van der Waals surface area contributed by atoms with Crippen molar-refractivity contribution in [3.63, 3.8) is 0 Å². The van der Waals surface area contributed by atoms with Gasteiger partial charge in [0.2, 0.25) is 5.91 Å². The van der Waals surface area contributed by atoms with E-state index in [1.807, 2.05) is 13.8 Å². The predicted molar refractivity (Wildman–Crippen MR) is 89.1 cm³/mol. The Kier molecular flexibility index (Phi) is 5.95. The predicted octanol–water partition coefficient (Wildman–Crippen LogP) is 2.26. The summed E-state index contributed by atoms with van der Waals surface area (Å²) < 4.78 is 6.75. The number of hydrogen-bond acceptors (Lipinski definition) is 5. The first-order valence-corrected chi connectivity index (χ1v) is 7.66. The van der Waals surface area contributed by atoms with Crippen molar-refractivity contribution in [2.45, 2.75) is 26.0 Å². The number of hydrogen-bond donors (Lipinski definition) is 2. The van der Waals surface area contributed by atoms with Crippen LogP contribution in [0.2, 0.25) is 10.0 Å². The number of pyridine rings is 1. The van der Waals surface area contributed by atoms with E-state index in [1.165, 1.54) is 17.1 Å². The molecular weight excluding hydrogens is 341 g/mol. The molecule has 2 aromatic heterocycles. The monoisotopic (exact) mass is 357 g/mol. The molecule has 7 nitrogen and oxygen atoms in total. The minimum absolute atomic E-state index is 0.00900. The van der Waals surface area contributed by atoms with Gasteiger partial charge in [-0.05, 0) is 19.9 Å². The molecule has 2 heterocycles. The number of amides is 1. The molecule has 0 radical (unpaired) electrons. The number of ether oxygens (including phenoxy) is 1. The van der Waals surface area contributed by atoms with Crippen LogP contribution in [0.25, 0.3) is 5.82 Å². The topological polar surface area (TPSA) is 95.1 Å². The van der Waals surface area contributed by atoms with E-state index in [-0.39, 0.29) is 18.6 Å². The lowest BCUT2D eigenvalue weighted by Gasteiger charge is -2.13. The Bertz CT molecular complexity index is 690. The van der Waals surface area contributed by atoms with Gasteiger partial charge in [0.25, 0.3) is 0 Å². The Morgan fingerprint density at radius 3 is 2.83 bits per heavy atom. The summed E-state index contributed by atoms with van der Waals surface area (Å²) >= 11 is 11.9. The number of nitrogens with zero attached hydrogens (tertiary/aromatic N) is 3. The molecule has 0 fully saturated rings.